The van der Waals surface area contributed by atoms with Crippen LogP contribution >= 0.6 is 0 Å². The summed E-state index contributed by atoms with van der Waals surface area (Å²) in [5.74, 6) is 2.75. The number of aryl methyl sites for hydroxylation is 1. The first-order valence-corrected chi connectivity index (χ1v) is 9.18. The first-order valence-electron chi connectivity index (χ1n) is 9.18. The number of nitrogens with one attached hydrogen (secondary N) is 1. The van der Waals surface area contributed by atoms with Gasteiger partial charge in [0, 0.05) is 6.04 Å². The van der Waals surface area contributed by atoms with Crippen molar-refractivity contribution >= 4 is 0 Å². The first kappa shape index (κ1) is 15.1. The summed E-state index contributed by atoms with van der Waals surface area (Å²) in [4.78, 5) is 0. The predicted octanol–water partition coefficient (Wildman–Crippen LogP) is 4.91. The van der Waals surface area contributed by atoms with E-state index in [0.29, 0.717) is 0 Å². The molecule has 0 spiro atoms. The molecule has 4 unspecified atom stereocenters. The maximum absolute atomic E-state index is 3.81. The molecule has 1 fully saturated rings. The number of hydrogen-bond acceptors (Lipinski definition) is 1. The van der Waals surface area contributed by atoms with Crippen molar-refractivity contribution in [3.05, 3.63) is 35.4 Å². The zero-order valence-electron chi connectivity index (χ0n) is 13.8. The Morgan fingerprint density at radius 2 is 2.00 bits per heavy atom. The SMILES string of the molecule is CCCCCCC(NCC)C1C2CCc3ccccc3C21. The highest BCUT2D eigenvalue weighted by Crippen LogP contribution is 2.61. The van der Waals surface area contributed by atoms with Gasteiger partial charge in [-0.3, -0.25) is 0 Å². The predicted molar refractivity (Wildman–Crippen MR) is 90.7 cm³/mol. The van der Waals surface area contributed by atoms with Crippen LogP contribution in [-0.2, 0) is 6.42 Å². The summed E-state index contributed by atoms with van der Waals surface area (Å²) in [6, 6.07) is 9.95. The lowest BCUT2D eigenvalue weighted by molar-refractivity contribution is 0.402. The number of benzene rings is 1. The van der Waals surface area contributed by atoms with Gasteiger partial charge in [-0.1, -0.05) is 63.8 Å². The van der Waals surface area contributed by atoms with Crippen LogP contribution < -0.4 is 5.32 Å². The Kier molecular flexibility index (Phi) is 5.00. The van der Waals surface area contributed by atoms with Crippen LogP contribution in [0.2, 0.25) is 0 Å². The van der Waals surface area contributed by atoms with E-state index in [4.69, 9.17) is 0 Å². The Morgan fingerprint density at radius 3 is 2.81 bits per heavy atom. The molecule has 116 valence electrons. The van der Waals surface area contributed by atoms with E-state index in [1.807, 2.05) is 0 Å². The molecule has 0 amide bonds. The van der Waals surface area contributed by atoms with Gasteiger partial charge >= 0.3 is 0 Å². The van der Waals surface area contributed by atoms with E-state index in [-0.39, 0.29) is 0 Å². The summed E-state index contributed by atoms with van der Waals surface area (Å²) in [5.41, 5.74) is 3.30. The number of fused-ring (bicyclic) bond motifs is 3. The molecule has 1 heteroatoms. The molecule has 3 rings (SSSR count). The fraction of sp³-hybridized carbons (Fsp3) is 0.700. The van der Waals surface area contributed by atoms with Gasteiger partial charge in [0.2, 0.25) is 0 Å². The molecular weight excluding hydrogens is 254 g/mol. The second-order valence-corrected chi connectivity index (χ2v) is 7.02. The van der Waals surface area contributed by atoms with E-state index in [1.165, 1.54) is 44.9 Å². The lowest BCUT2D eigenvalue weighted by atomic mass is 9.92. The number of unbranched alkanes of at least 4 members (excludes halogenated alkanes) is 3. The van der Waals surface area contributed by atoms with Crippen LogP contribution in [0.4, 0.5) is 0 Å². The zero-order chi connectivity index (χ0) is 14.7. The van der Waals surface area contributed by atoms with Gasteiger partial charge in [-0.2, -0.15) is 0 Å². The van der Waals surface area contributed by atoms with Gasteiger partial charge in [-0.05, 0) is 54.7 Å². The Labute approximate surface area is 130 Å². The van der Waals surface area contributed by atoms with Crippen molar-refractivity contribution in [2.24, 2.45) is 11.8 Å². The number of hydrogen-bond donors (Lipinski definition) is 1. The van der Waals surface area contributed by atoms with Crippen LogP contribution in [0, 0.1) is 11.8 Å². The van der Waals surface area contributed by atoms with E-state index < -0.39 is 0 Å². The third-order valence-electron chi connectivity index (χ3n) is 5.69. The van der Waals surface area contributed by atoms with E-state index in [1.54, 1.807) is 11.1 Å². The number of rotatable bonds is 8. The molecule has 0 bridgehead atoms. The molecule has 0 aliphatic heterocycles. The summed E-state index contributed by atoms with van der Waals surface area (Å²) >= 11 is 0. The smallest absolute Gasteiger partial charge is 0.0104 e. The quantitative estimate of drug-likeness (QED) is 0.669. The minimum Gasteiger partial charge on any atom is -0.314 e. The summed E-state index contributed by atoms with van der Waals surface area (Å²) < 4.78 is 0. The second kappa shape index (κ2) is 6.96. The molecule has 21 heavy (non-hydrogen) atoms. The van der Waals surface area contributed by atoms with Crippen molar-refractivity contribution in [2.75, 3.05) is 6.54 Å². The Morgan fingerprint density at radius 1 is 1.14 bits per heavy atom. The molecule has 1 nitrogen and oxygen atoms in total. The fourth-order valence-electron chi connectivity index (χ4n) is 4.65. The molecule has 1 N–H and O–H groups in total. The van der Waals surface area contributed by atoms with Crippen molar-refractivity contribution in [3.8, 4) is 0 Å². The topological polar surface area (TPSA) is 12.0 Å². The van der Waals surface area contributed by atoms with Gasteiger partial charge < -0.3 is 5.32 Å². The van der Waals surface area contributed by atoms with Crippen LogP contribution in [0.1, 0.15) is 69.4 Å². The lowest BCUT2D eigenvalue weighted by Crippen LogP contribution is -2.31. The van der Waals surface area contributed by atoms with E-state index >= 15 is 0 Å². The highest BCUT2D eigenvalue weighted by Gasteiger charge is 2.55. The van der Waals surface area contributed by atoms with Crippen molar-refractivity contribution in [1.29, 1.82) is 0 Å². The van der Waals surface area contributed by atoms with Gasteiger partial charge in [0.05, 0.1) is 0 Å². The molecule has 2 aliphatic rings. The molecule has 1 saturated carbocycles. The molecular formula is C20H31N. The normalized spacial score (nSPS) is 27.8. The largest absolute Gasteiger partial charge is 0.314 e. The van der Waals surface area contributed by atoms with Gasteiger partial charge in [-0.25, -0.2) is 0 Å². The standard InChI is InChI=1S/C20H31N/c1-3-5-6-7-12-18(21-4-2)20-17-14-13-15-10-8-9-11-16(15)19(17)20/h8-11,17-21H,3-7,12-14H2,1-2H3. The minimum atomic E-state index is 0.757. The molecule has 0 saturated heterocycles. The highest BCUT2D eigenvalue weighted by atomic mass is 14.9. The van der Waals surface area contributed by atoms with Crippen LogP contribution in [-0.4, -0.2) is 12.6 Å². The third-order valence-corrected chi connectivity index (χ3v) is 5.69. The summed E-state index contributed by atoms with van der Waals surface area (Å²) in [7, 11) is 0. The van der Waals surface area contributed by atoms with Crippen LogP contribution in [0.5, 0.6) is 0 Å². The van der Waals surface area contributed by atoms with Gasteiger partial charge in [0.1, 0.15) is 0 Å². The van der Waals surface area contributed by atoms with E-state index in [9.17, 15) is 0 Å². The average Bonchev–Trinajstić information content (AvgIpc) is 3.25. The Balaban J connectivity index is 1.63. The van der Waals surface area contributed by atoms with Crippen LogP contribution in [0.15, 0.2) is 24.3 Å². The Hall–Kier alpha value is -0.820. The van der Waals surface area contributed by atoms with Crippen molar-refractivity contribution < 1.29 is 0 Å². The third kappa shape index (κ3) is 3.18. The second-order valence-electron chi connectivity index (χ2n) is 7.02. The molecule has 1 aromatic rings. The maximum Gasteiger partial charge on any atom is 0.0104 e. The zero-order valence-corrected chi connectivity index (χ0v) is 13.8. The van der Waals surface area contributed by atoms with Crippen LogP contribution in [0.3, 0.4) is 0 Å². The van der Waals surface area contributed by atoms with Crippen LogP contribution in [0.25, 0.3) is 0 Å². The molecule has 0 aromatic heterocycles. The van der Waals surface area contributed by atoms with Gasteiger partial charge in [0.25, 0.3) is 0 Å². The van der Waals surface area contributed by atoms with E-state index in [2.05, 4.69) is 43.4 Å². The minimum absolute atomic E-state index is 0.757. The Bertz CT molecular complexity index is 453. The first-order chi connectivity index (χ1) is 10.4. The van der Waals surface area contributed by atoms with Gasteiger partial charge in [0.15, 0.2) is 0 Å². The monoisotopic (exact) mass is 285 g/mol. The molecule has 0 radical (unpaired) electrons. The summed E-state index contributed by atoms with van der Waals surface area (Å²) in [6.07, 6.45) is 9.67. The molecule has 2 aliphatic carbocycles. The molecule has 4 atom stereocenters. The average molecular weight is 285 g/mol. The van der Waals surface area contributed by atoms with Crippen molar-refractivity contribution in [1.82, 2.24) is 5.32 Å². The molecule has 0 heterocycles. The fourth-order valence-corrected chi connectivity index (χ4v) is 4.65. The summed E-state index contributed by atoms with van der Waals surface area (Å²) in [6.45, 7) is 5.68. The van der Waals surface area contributed by atoms with E-state index in [0.717, 1.165) is 30.3 Å². The summed E-state index contributed by atoms with van der Waals surface area (Å²) in [5, 5.41) is 3.81. The maximum atomic E-state index is 3.81. The molecule has 1 aromatic carbocycles. The lowest BCUT2D eigenvalue weighted by Gasteiger charge is -2.18. The highest BCUT2D eigenvalue weighted by molar-refractivity contribution is 5.40. The van der Waals surface area contributed by atoms with Crippen molar-refractivity contribution in [3.63, 3.8) is 0 Å². The van der Waals surface area contributed by atoms with Gasteiger partial charge in [-0.15, -0.1) is 0 Å². The van der Waals surface area contributed by atoms with Crippen molar-refractivity contribution in [2.45, 2.75) is 70.8 Å².